The number of aliphatic hydroxyl groups excluding tert-OH is 4. The van der Waals surface area contributed by atoms with E-state index >= 15 is 0 Å². The first-order chi connectivity index (χ1) is 6.97. The predicted octanol–water partition coefficient (Wildman–Crippen LogP) is -3.08. The third kappa shape index (κ3) is 2.64. The van der Waals surface area contributed by atoms with E-state index in [1.807, 2.05) is 0 Å². The van der Waals surface area contributed by atoms with Gasteiger partial charge in [-0.2, -0.15) is 0 Å². The molecule has 3 unspecified atom stereocenters. The summed E-state index contributed by atoms with van der Waals surface area (Å²) in [4.78, 5) is 10.7. The fourth-order valence-corrected chi connectivity index (χ4v) is 1.49. The summed E-state index contributed by atoms with van der Waals surface area (Å²) in [5, 5.41) is 39.4. The summed E-state index contributed by atoms with van der Waals surface area (Å²) in [6.45, 7) is 0.687. The molecule has 1 amide bonds. The zero-order valence-electron chi connectivity index (χ0n) is 8.20. The maximum atomic E-state index is 10.7. The highest BCUT2D eigenvalue weighted by molar-refractivity contribution is 5.73. The molecule has 1 aliphatic heterocycles. The number of hydrogen-bond acceptors (Lipinski definition) is 6. The van der Waals surface area contributed by atoms with Gasteiger partial charge in [-0.1, -0.05) is 0 Å². The van der Waals surface area contributed by atoms with E-state index in [9.17, 15) is 20.1 Å². The van der Waals surface area contributed by atoms with Gasteiger partial charge in [-0.05, 0) is 0 Å². The molecular formula is C8H15NO6. The van der Waals surface area contributed by atoms with Crippen molar-refractivity contribution < 1.29 is 30.0 Å². The van der Waals surface area contributed by atoms with Crippen LogP contribution in [0, 0.1) is 0 Å². The second kappa shape index (κ2) is 4.86. The maximum absolute atomic E-state index is 10.7. The number of hydrogen-bond donors (Lipinski definition) is 5. The van der Waals surface area contributed by atoms with Crippen molar-refractivity contribution in [1.82, 2.24) is 5.32 Å². The van der Waals surface area contributed by atoms with Crippen molar-refractivity contribution in [2.75, 3.05) is 6.61 Å². The van der Waals surface area contributed by atoms with Crippen LogP contribution in [0.1, 0.15) is 6.92 Å². The largest absolute Gasteiger partial charge is 0.394 e. The molecule has 7 nitrogen and oxygen atoms in total. The smallest absolute Gasteiger partial charge is 0.217 e. The number of rotatable bonds is 2. The van der Waals surface area contributed by atoms with Gasteiger partial charge in [0, 0.05) is 6.92 Å². The minimum atomic E-state index is -1.45. The molecule has 15 heavy (non-hydrogen) atoms. The van der Waals surface area contributed by atoms with Crippen LogP contribution < -0.4 is 5.32 Å². The summed E-state index contributed by atoms with van der Waals surface area (Å²) in [5.74, 6) is -0.462. The topological polar surface area (TPSA) is 119 Å². The number of carbonyl (C=O) groups excluding carboxylic acids is 1. The number of nitrogens with one attached hydrogen (secondary N) is 1. The van der Waals surface area contributed by atoms with Gasteiger partial charge in [0.15, 0.2) is 6.29 Å². The van der Waals surface area contributed by atoms with Crippen LogP contribution in [0.4, 0.5) is 0 Å². The van der Waals surface area contributed by atoms with E-state index < -0.39 is 43.2 Å². The van der Waals surface area contributed by atoms with Crippen molar-refractivity contribution >= 4 is 5.91 Å². The Kier molecular flexibility index (Phi) is 4.00. The van der Waals surface area contributed by atoms with E-state index in [1.165, 1.54) is 6.92 Å². The van der Waals surface area contributed by atoms with Gasteiger partial charge in [0.2, 0.25) is 5.91 Å². The van der Waals surface area contributed by atoms with Crippen molar-refractivity contribution in [2.45, 2.75) is 37.6 Å². The molecule has 0 aromatic heterocycles. The van der Waals surface area contributed by atoms with Gasteiger partial charge in [0.25, 0.3) is 0 Å². The molecule has 0 saturated carbocycles. The lowest BCUT2D eigenvalue weighted by Crippen LogP contribution is -2.63. The van der Waals surface area contributed by atoms with Crippen LogP contribution in [-0.2, 0) is 9.53 Å². The minimum Gasteiger partial charge on any atom is -0.394 e. The van der Waals surface area contributed by atoms with Crippen molar-refractivity contribution in [3.63, 3.8) is 0 Å². The van der Waals surface area contributed by atoms with Crippen molar-refractivity contribution in [2.24, 2.45) is 0 Å². The number of carbonyl (C=O) groups is 1. The maximum Gasteiger partial charge on any atom is 0.217 e. The summed E-state index contributed by atoms with van der Waals surface area (Å²) >= 11 is 0. The SMILES string of the molecule is CC(=O)NC1C(O)OC(CO)[C@@H](O)[C@@H]1O. The number of ether oxygens (including phenoxy) is 1. The van der Waals surface area contributed by atoms with Gasteiger partial charge in [-0.25, -0.2) is 0 Å². The van der Waals surface area contributed by atoms with Gasteiger partial charge in [0.1, 0.15) is 24.4 Å². The Bertz CT molecular complexity index is 235. The Balaban J connectivity index is 2.70. The highest BCUT2D eigenvalue weighted by atomic mass is 16.6. The molecule has 0 aliphatic carbocycles. The highest BCUT2D eigenvalue weighted by Crippen LogP contribution is 2.19. The van der Waals surface area contributed by atoms with Crippen LogP contribution in [0.3, 0.4) is 0 Å². The second-order valence-corrected chi connectivity index (χ2v) is 3.46. The van der Waals surface area contributed by atoms with E-state index in [0.717, 1.165) is 0 Å². The standard InChI is InChI=1S/C8H15NO6/c1-3(11)9-5-7(13)6(12)4(2-10)15-8(5)14/h4-8,10,12-14H,2H2,1H3,(H,9,11)/t4?,5?,6-,7-,8?/m1/s1. The monoisotopic (exact) mass is 221 g/mol. The van der Waals surface area contributed by atoms with E-state index in [1.54, 1.807) is 0 Å². The molecule has 0 aromatic rings. The Morgan fingerprint density at radius 3 is 2.40 bits per heavy atom. The van der Waals surface area contributed by atoms with Gasteiger partial charge in [-0.15, -0.1) is 0 Å². The van der Waals surface area contributed by atoms with Crippen LogP contribution in [0.25, 0.3) is 0 Å². The highest BCUT2D eigenvalue weighted by Gasteiger charge is 2.43. The molecule has 1 heterocycles. The first-order valence-electron chi connectivity index (χ1n) is 4.55. The zero-order valence-corrected chi connectivity index (χ0v) is 8.20. The third-order valence-corrected chi connectivity index (χ3v) is 2.27. The van der Waals surface area contributed by atoms with Gasteiger partial charge < -0.3 is 30.5 Å². The van der Waals surface area contributed by atoms with E-state index in [2.05, 4.69) is 5.32 Å². The van der Waals surface area contributed by atoms with Crippen LogP contribution in [0.15, 0.2) is 0 Å². The Labute approximate surface area is 86.3 Å². The molecule has 0 aromatic carbocycles. The Morgan fingerprint density at radius 1 is 1.33 bits per heavy atom. The molecule has 1 rings (SSSR count). The average Bonchev–Trinajstić information content (AvgIpc) is 2.18. The molecule has 0 bridgehead atoms. The molecule has 5 atom stereocenters. The fourth-order valence-electron chi connectivity index (χ4n) is 1.49. The van der Waals surface area contributed by atoms with Crippen LogP contribution in [0.2, 0.25) is 0 Å². The lowest BCUT2D eigenvalue weighted by atomic mass is 9.97. The van der Waals surface area contributed by atoms with Crippen LogP contribution >= 0.6 is 0 Å². The molecule has 0 radical (unpaired) electrons. The Hall–Kier alpha value is -0.730. The van der Waals surface area contributed by atoms with E-state index in [4.69, 9.17) is 9.84 Å². The normalized spacial score (nSPS) is 41.3. The van der Waals surface area contributed by atoms with Gasteiger partial charge in [0.05, 0.1) is 6.61 Å². The molecule has 1 aliphatic rings. The summed E-state index contributed by atoms with van der Waals surface area (Å²) in [5.41, 5.74) is 0. The minimum absolute atomic E-state index is 0.462. The van der Waals surface area contributed by atoms with Crippen molar-refractivity contribution in [3.8, 4) is 0 Å². The van der Waals surface area contributed by atoms with Gasteiger partial charge >= 0.3 is 0 Å². The zero-order chi connectivity index (χ0) is 11.6. The van der Waals surface area contributed by atoms with Crippen LogP contribution in [-0.4, -0.2) is 63.6 Å². The van der Waals surface area contributed by atoms with E-state index in [-0.39, 0.29) is 0 Å². The fraction of sp³-hybridized carbons (Fsp3) is 0.875. The third-order valence-electron chi connectivity index (χ3n) is 2.27. The first-order valence-corrected chi connectivity index (χ1v) is 4.55. The van der Waals surface area contributed by atoms with Crippen molar-refractivity contribution in [1.29, 1.82) is 0 Å². The Morgan fingerprint density at radius 2 is 1.93 bits per heavy atom. The second-order valence-electron chi connectivity index (χ2n) is 3.46. The summed E-state index contributed by atoms with van der Waals surface area (Å²) < 4.78 is 4.81. The lowest BCUT2D eigenvalue weighted by Gasteiger charge is -2.40. The molecule has 7 heteroatoms. The summed E-state index contributed by atoms with van der Waals surface area (Å²) in [6.07, 6.45) is -5.24. The number of aliphatic hydroxyl groups is 4. The summed E-state index contributed by atoms with van der Waals surface area (Å²) in [7, 11) is 0. The molecule has 0 spiro atoms. The quantitative estimate of drug-likeness (QED) is 0.337. The average molecular weight is 221 g/mol. The van der Waals surface area contributed by atoms with Gasteiger partial charge in [-0.3, -0.25) is 4.79 Å². The molecule has 5 N–H and O–H groups in total. The summed E-state index contributed by atoms with van der Waals surface area (Å²) in [6, 6.07) is -1.10. The molecule has 1 saturated heterocycles. The van der Waals surface area contributed by atoms with Crippen molar-refractivity contribution in [3.05, 3.63) is 0 Å². The number of amides is 1. The van der Waals surface area contributed by atoms with E-state index in [0.29, 0.717) is 0 Å². The molecule has 1 fully saturated rings. The molecule has 88 valence electrons. The predicted molar refractivity (Wildman–Crippen MR) is 47.6 cm³/mol. The van der Waals surface area contributed by atoms with Crippen LogP contribution in [0.5, 0.6) is 0 Å². The molecular weight excluding hydrogens is 206 g/mol. The lowest BCUT2D eigenvalue weighted by molar-refractivity contribution is -0.253. The first kappa shape index (κ1) is 12.3.